The second-order valence-corrected chi connectivity index (χ2v) is 21.5. The van der Waals surface area contributed by atoms with Gasteiger partial charge in [-0.3, -0.25) is 9.12 Å². The Hall–Kier alpha value is -6.12. The molecule has 1 aliphatic rings. The number of halogens is 2. The summed E-state index contributed by atoms with van der Waals surface area (Å²) < 4.78 is 48.9. The van der Waals surface area contributed by atoms with Crippen LogP contribution in [0, 0.1) is 0 Å². The Balaban J connectivity index is 1.39. The van der Waals surface area contributed by atoms with E-state index in [1.807, 2.05) is 160 Å². The Morgan fingerprint density at radius 1 is 0.577 bits per heavy atom. The third-order valence-electron chi connectivity index (χ3n) is 12.9. The maximum atomic E-state index is 11.5. The number of rotatable bonds is 22. The molecule has 1 aromatic heterocycles. The Kier molecular flexibility index (Phi) is 16.0. The Labute approximate surface area is 428 Å². The Morgan fingerprint density at radius 2 is 1.04 bits per heavy atom. The molecule has 368 valence electrons. The molecule has 6 aromatic carbocycles. The molecule has 11 nitrogen and oxygen atoms in total. The normalized spacial score (nSPS) is 13.7. The van der Waals surface area contributed by atoms with E-state index in [4.69, 9.17) is 47.6 Å². The summed E-state index contributed by atoms with van der Waals surface area (Å²) in [6.45, 7) is 5.80. The number of hydrogen-bond acceptors (Lipinski definition) is 7. The molecule has 0 aliphatic carbocycles. The van der Waals surface area contributed by atoms with Crippen LogP contribution in [0.4, 0.5) is 0 Å². The summed E-state index contributed by atoms with van der Waals surface area (Å²) in [4.78, 5) is 17.3. The predicted octanol–water partition coefficient (Wildman–Crippen LogP) is 11.8. The van der Waals surface area contributed by atoms with Crippen molar-refractivity contribution in [2.45, 2.75) is 32.0 Å². The van der Waals surface area contributed by atoms with Gasteiger partial charge in [0.15, 0.2) is 0 Å². The molecule has 0 saturated heterocycles. The highest BCUT2D eigenvalue weighted by molar-refractivity contribution is 7.85. The number of quaternary nitrogens is 2. The van der Waals surface area contributed by atoms with E-state index in [2.05, 4.69) is 37.7 Å². The summed E-state index contributed by atoms with van der Waals surface area (Å²) in [6, 6.07) is 51.7. The number of nitrogens with zero attached hydrogens (tertiary/aromatic N) is 6. The first-order chi connectivity index (χ1) is 34.1. The van der Waals surface area contributed by atoms with Gasteiger partial charge in [0.05, 0.1) is 79.9 Å². The molecule has 0 atom stereocenters. The van der Waals surface area contributed by atoms with E-state index in [9.17, 15) is 13.0 Å². The second-order valence-electron chi connectivity index (χ2n) is 19.2. The number of imidazole rings is 1. The summed E-state index contributed by atoms with van der Waals surface area (Å²) in [5, 5.41) is 0.690. The van der Waals surface area contributed by atoms with Crippen LogP contribution in [-0.4, -0.2) is 116 Å². The van der Waals surface area contributed by atoms with Crippen LogP contribution in [0.3, 0.4) is 0 Å². The third kappa shape index (κ3) is 12.0. The first-order valence-corrected chi connectivity index (χ1v) is 26.4. The van der Waals surface area contributed by atoms with Gasteiger partial charge in [0.2, 0.25) is 0 Å². The van der Waals surface area contributed by atoms with E-state index in [0.717, 1.165) is 58.4 Å². The van der Waals surface area contributed by atoms with E-state index in [1.165, 1.54) is 0 Å². The van der Waals surface area contributed by atoms with Crippen molar-refractivity contribution in [3.05, 3.63) is 184 Å². The maximum Gasteiger partial charge on any atom is 0.265 e. The fourth-order valence-corrected chi connectivity index (χ4v) is 9.97. The van der Waals surface area contributed by atoms with Gasteiger partial charge in [-0.2, -0.15) is 8.42 Å². The molecular weight excluding hydrogens is 952 g/mol. The van der Waals surface area contributed by atoms with Crippen molar-refractivity contribution in [3.8, 4) is 45.4 Å². The third-order valence-corrected chi connectivity index (χ3v) is 14.4. The molecule has 0 radical (unpaired) electrons. The minimum Gasteiger partial charge on any atom is -0.486 e. The molecule has 1 N–H and O–H groups in total. The van der Waals surface area contributed by atoms with E-state index in [0.29, 0.717) is 86.2 Å². The number of likely N-dealkylation sites (N-methyl/N-ethyl adjacent to an activating group) is 2. The SMILES string of the molecule is CCCC[N+](C)(C)CCOc1cccc(-c2nc(-c3ccccc3)c(-c3ccccc3)n2C2(c3cccc(OCC[N+](C)(C)CCCS(=O)(=O)O)c3Cl)N=C(c3ccccc3)C(c3ccccc3)=N2)c1Cl. The Bertz CT molecular complexity index is 3060. The molecule has 2 heterocycles. The van der Waals surface area contributed by atoms with Crippen LogP contribution in [0.15, 0.2) is 168 Å². The van der Waals surface area contributed by atoms with Crippen LogP contribution in [0.2, 0.25) is 10.0 Å². The highest BCUT2D eigenvalue weighted by Gasteiger charge is 2.47. The lowest BCUT2D eigenvalue weighted by atomic mass is 10.0. The molecule has 0 amide bonds. The van der Waals surface area contributed by atoms with Crippen molar-refractivity contribution in [3.63, 3.8) is 0 Å². The predicted molar refractivity (Wildman–Crippen MR) is 289 cm³/mol. The van der Waals surface area contributed by atoms with Gasteiger partial charge in [-0.25, -0.2) is 15.0 Å². The van der Waals surface area contributed by atoms with Crippen LogP contribution < -0.4 is 9.47 Å². The van der Waals surface area contributed by atoms with Crippen LogP contribution >= 0.6 is 23.2 Å². The van der Waals surface area contributed by atoms with Gasteiger partial charge in [0.25, 0.3) is 15.9 Å². The Morgan fingerprint density at radius 3 is 1.55 bits per heavy atom. The average Bonchev–Trinajstić information content (AvgIpc) is 3.96. The van der Waals surface area contributed by atoms with E-state index >= 15 is 0 Å². The molecule has 0 fully saturated rings. The number of hydrogen-bond donors (Lipinski definition) is 1. The number of benzene rings is 6. The quantitative estimate of drug-likeness (QED) is 0.0534. The lowest BCUT2D eigenvalue weighted by molar-refractivity contribution is -0.890. The van der Waals surface area contributed by atoms with Crippen LogP contribution in [0.5, 0.6) is 11.5 Å². The standard InChI is InChI=1S/C57H61Cl2N6O5S/c1-6-7-35-64(2,3)37-39-69-48-33-20-31-46(50(48)58)56-60-54(44-27-16-10-17-28-44)55(45-29-18-11-19-30-45)63(56)57(61-52(42-23-12-8-13-24-42)53(62-57)43-25-14-9-15-26-43)47-32-21-34-49(51(47)59)70-40-38-65(4,5)36-22-41-71(66,67)68/h8-21,23-34H,6-7,22,35-41H2,1-5H3/q+1/p+1. The molecule has 0 unspecified atom stereocenters. The minimum absolute atomic E-state index is 0.257. The fraction of sp³-hybridized carbons (Fsp3) is 0.281. The molecule has 0 bridgehead atoms. The van der Waals surface area contributed by atoms with Gasteiger partial charge in [-0.05, 0) is 24.6 Å². The molecule has 8 rings (SSSR count). The van der Waals surface area contributed by atoms with E-state index in [1.54, 1.807) is 0 Å². The molecule has 0 saturated carbocycles. The van der Waals surface area contributed by atoms with Crippen molar-refractivity contribution in [1.82, 2.24) is 9.55 Å². The van der Waals surface area contributed by atoms with Crippen molar-refractivity contribution in [2.75, 3.05) is 73.3 Å². The summed E-state index contributed by atoms with van der Waals surface area (Å²) in [5.74, 6) is -0.556. The number of aliphatic imine (C=N–C) groups is 2. The van der Waals surface area contributed by atoms with Gasteiger partial charge in [-0.15, -0.1) is 0 Å². The summed E-state index contributed by atoms with van der Waals surface area (Å²) in [6.07, 6.45) is 2.55. The van der Waals surface area contributed by atoms with E-state index < -0.39 is 15.9 Å². The van der Waals surface area contributed by atoms with Gasteiger partial charge >= 0.3 is 0 Å². The highest BCUT2D eigenvalue weighted by atomic mass is 35.5. The molecule has 71 heavy (non-hydrogen) atoms. The lowest BCUT2D eigenvalue weighted by Gasteiger charge is -2.32. The molecule has 7 aromatic rings. The van der Waals surface area contributed by atoms with Crippen LogP contribution in [-0.2, 0) is 15.9 Å². The zero-order valence-electron chi connectivity index (χ0n) is 41.0. The first kappa shape index (κ1) is 51.2. The van der Waals surface area contributed by atoms with Gasteiger partial charge in [0.1, 0.15) is 43.6 Å². The summed E-state index contributed by atoms with van der Waals surface area (Å²) in [5.41, 5.74) is 7.29. The molecule has 14 heteroatoms. The van der Waals surface area contributed by atoms with Crippen molar-refractivity contribution < 1.29 is 31.4 Å². The van der Waals surface area contributed by atoms with Crippen molar-refractivity contribution >= 4 is 44.7 Å². The van der Waals surface area contributed by atoms with Gasteiger partial charge < -0.3 is 18.4 Å². The molecule has 0 spiro atoms. The number of ether oxygens (including phenoxy) is 2. The van der Waals surface area contributed by atoms with Gasteiger partial charge in [0, 0.05) is 39.8 Å². The van der Waals surface area contributed by atoms with Gasteiger partial charge in [-0.1, -0.05) is 176 Å². The monoisotopic (exact) mass is 1010 g/mol. The zero-order chi connectivity index (χ0) is 50.2. The number of aromatic nitrogens is 2. The largest absolute Gasteiger partial charge is 0.486 e. The second kappa shape index (κ2) is 22.1. The lowest BCUT2D eigenvalue weighted by Crippen LogP contribution is -2.44. The fourth-order valence-electron chi connectivity index (χ4n) is 8.91. The maximum absolute atomic E-state index is 11.5. The van der Waals surface area contributed by atoms with Crippen molar-refractivity contribution in [1.29, 1.82) is 0 Å². The minimum atomic E-state index is -4.07. The van der Waals surface area contributed by atoms with Crippen LogP contribution in [0.25, 0.3) is 33.9 Å². The van der Waals surface area contributed by atoms with E-state index in [-0.39, 0.29) is 12.4 Å². The summed E-state index contributed by atoms with van der Waals surface area (Å²) in [7, 11) is 4.36. The number of unbranched alkanes of at least 4 members (excludes halogenated alkanes) is 1. The molecule has 1 aliphatic heterocycles. The highest BCUT2D eigenvalue weighted by Crippen LogP contribution is 2.50. The average molecular weight is 1010 g/mol. The smallest absolute Gasteiger partial charge is 0.265 e. The summed E-state index contributed by atoms with van der Waals surface area (Å²) >= 11 is 15.4. The zero-order valence-corrected chi connectivity index (χ0v) is 43.3. The van der Waals surface area contributed by atoms with Crippen molar-refractivity contribution in [2.24, 2.45) is 9.98 Å². The van der Waals surface area contributed by atoms with Crippen LogP contribution in [0.1, 0.15) is 42.9 Å². The molecular formula is C57H62Cl2N6O5S+2. The topological polar surface area (TPSA) is 115 Å². The first-order valence-electron chi connectivity index (χ1n) is 24.1.